The van der Waals surface area contributed by atoms with E-state index in [0.29, 0.717) is 6.04 Å². The Bertz CT molecular complexity index is 756. The van der Waals surface area contributed by atoms with Crippen LogP contribution in [-0.4, -0.2) is 14.9 Å². The average Bonchev–Trinajstić information content (AvgIpc) is 3.14. The lowest BCUT2D eigenvalue weighted by Crippen LogP contribution is -2.10. The fourth-order valence-corrected chi connectivity index (χ4v) is 3.04. The van der Waals surface area contributed by atoms with Gasteiger partial charge in [-0.2, -0.15) is 5.10 Å². The summed E-state index contributed by atoms with van der Waals surface area (Å²) in [6.45, 7) is 4.26. The molecular formula is C23H31N3O. The van der Waals surface area contributed by atoms with Crippen LogP contribution in [0, 0.1) is 0 Å². The Labute approximate surface area is 162 Å². The quantitative estimate of drug-likeness (QED) is 0.591. The normalized spacial score (nSPS) is 12.7. The van der Waals surface area contributed by atoms with Crippen LogP contribution >= 0.6 is 0 Å². The molecule has 4 nitrogen and oxygen atoms in total. The third kappa shape index (κ3) is 6.57. The van der Waals surface area contributed by atoms with Crippen LogP contribution < -0.4 is 5.73 Å². The van der Waals surface area contributed by atoms with Crippen molar-refractivity contribution >= 4 is 5.69 Å². The Morgan fingerprint density at radius 1 is 0.889 bits per heavy atom. The largest absolute Gasteiger partial charge is 0.396 e. The van der Waals surface area contributed by atoms with Crippen LogP contribution in [0.1, 0.15) is 62.8 Å². The molecule has 0 fully saturated rings. The van der Waals surface area contributed by atoms with E-state index in [1.807, 2.05) is 47.3 Å². The number of hydrogen-bond donors (Lipinski definition) is 2. The van der Waals surface area contributed by atoms with Crippen molar-refractivity contribution in [3.05, 3.63) is 84.2 Å². The number of aromatic nitrogens is 2. The first-order valence-electron chi connectivity index (χ1n) is 9.73. The van der Waals surface area contributed by atoms with Gasteiger partial charge in [0.2, 0.25) is 0 Å². The molecule has 0 aliphatic rings. The Hall–Kier alpha value is -2.59. The van der Waals surface area contributed by atoms with E-state index in [-0.39, 0.29) is 6.10 Å². The van der Waals surface area contributed by atoms with E-state index < -0.39 is 0 Å². The zero-order valence-electron chi connectivity index (χ0n) is 16.3. The molecule has 0 spiro atoms. The van der Waals surface area contributed by atoms with Crippen molar-refractivity contribution in [1.29, 1.82) is 0 Å². The number of hydrogen-bond acceptors (Lipinski definition) is 3. The van der Waals surface area contributed by atoms with Gasteiger partial charge in [0.1, 0.15) is 0 Å². The molecule has 3 aromatic rings. The molecule has 0 bridgehead atoms. The van der Waals surface area contributed by atoms with Gasteiger partial charge in [0.05, 0.1) is 24.0 Å². The lowest BCUT2D eigenvalue weighted by molar-refractivity contribution is 0.166. The van der Waals surface area contributed by atoms with Crippen molar-refractivity contribution in [2.75, 3.05) is 5.73 Å². The van der Waals surface area contributed by atoms with Crippen molar-refractivity contribution in [3.8, 4) is 0 Å². The van der Waals surface area contributed by atoms with E-state index in [9.17, 15) is 5.11 Å². The SMILES string of the molecule is CCCC(O)c1ccccc1.CCCC(c1ccccc1)n1cc(N)cn1. The highest BCUT2D eigenvalue weighted by Gasteiger charge is 2.12. The first-order valence-corrected chi connectivity index (χ1v) is 9.73. The fourth-order valence-electron chi connectivity index (χ4n) is 3.04. The number of anilines is 1. The molecule has 0 amide bonds. The summed E-state index contributed by atoms with van der Waals surface area (Å²) >= 11 is 0. The minimum Gasteiger partial charge on any atom is -0.396 e. The number of aliphatic hydroxyl groups excluding tert-OH is 1. The molecule has 0 aliphatic carbocycles. The van der Waals surface area contributed by atoms with Crippen LogP contribution in [0.3, 0.4) is 0 Å². The van der Waals surface area contributed by atoms with E-state index in [1.165, 1.54) is 5.56 Å². The maximum atomic E-state index is 9.52. The first kappa shape index (κ1) is 20.7. The highest BCUT2D eigenvalue weighted by molar-refractivity contribution is 5.32. The summed E-state index contributed by atoms with van der Waals surface area (Å²) < 4.78 is 1.95. The number of nitrogens with zero attached hydrogens (tertiary/aromatic N) is 2. The van der Waals surface area contributed by atoms with Crippen molar-refractivity contribution in [3.63, 3.8) is 0 Å². The molecule has 27 heavy (non-hydrogen) atoms. The number of benzene rings is 2. The molecular weight excluding hydrogens is 334 g/mol. The zero-order chi connectivity index (χ0) is 19.5. The van der Waals surface area contributed by atoms with Crippen LogP contribution in [0.4, 0.5) is 5.69 Å². The summed E-state index contributed by atoms with van der Waals surface area (Å²) in [6, 6.07) is 20.5. The first-order chi connectivity index (χ1) is 13.2. The molecule has 0 aliphatic heterocycles. The van der Waals surface area contributed by atoms with Crippen LogP contribution in [-0.2, 0) is 0 Å². The standard InChI is InChI=1S/C13H17N3.C10H14O/c1-2-6-13(11-7-4-3-5-8-11)16-10-12(14)9-15-16;1-2-6-10(11)9-7-4-3-5-8-9/h3-5,7-10,13H,2,6,14H2,1H3;3-5,7-8,10-11H,2,6H2,1H3. The summed E-state index contributed by atoms with van der Waals surface area (Å²) in [7, 11) is 0. The molecule has 0 radical (unpaired) electrons. The molecule has 2 aromatic carbocycles. The van der Waals surface area contributed by atoms with Crippen molar-refractivity contribution in [1.82, 2.24) is 9.78 Å². The summed E-state index contributed by atoms with van der Waals surface area (Å²) in [6.07, 6.45) is 7.39. The summed E-state index contributed by atoms with van der Waals surface area (Å²) in [5.41, 5.74) is 8.73. The van der Waals surface area contributed by atoms with E-state index in [1.54, 1.807) is 6.20 Å². The van der Waals surface area contributed by atoms with E-state index in [0.717, 1.165) is 36.9 Å². The van der Waals surface area contributed by atoms with Crippen molar-refractivity contribution in [2.24, 2.45) is 0 Å². The molecule has 0 saturated heterocycles. The average molecular weight is 366 g/mol. The molecule has 2 unspecified atom stereocenters. The third-order valence-electron chi connectivity index (χ3n) is 4.43. The number of aliphatic hydroxyl groups is 1. The minimum absolute atomic E-state index is 0.277. The molecule has 4 heteroatoms. The van der Waals surface area contributed by atoms with Gasteiger partial charge in [-0.1, -0.05) is 87.4 Å². The van der Waals surface area contributed by atoms with E-state index >= 15 is 0 Å². The molecule has 0 saturated carbocycles. The lowest BCUT2D eigenvalue weighted by Gasteiger charge is -2.17. The molecule has 1 aromatic heterocycles. The van der Waals surface area contributed by atoms with Crippen LogP contribution in [0.2, 0.25) is 0 Å². The van der Waals surface area contributed by atoms with Gasteiger partial charge < -0.3 is 10.8 Å². The molecule has 3 rings (SSSR count). The van der Waals surface area contributed by atoms with Crippen molar-refractivity contribution in [2.45, 2.75) is 51.7 Å². The molecule has 1 heterocycles. The number of nitrogens with two attached hydrogens (primary N) is 1. The van der Waals surface area contributed by atoms with E-state index in [4.69, 9.17) is 5.73 Å². The Balaban J connectivity index is 0.000000208. The Morgan fingerprint density at radius 2 is 1.44 bits per heavy atom. The summed E-state index contributed by atoms with van der Waals surface area (Å²) in [5, 5.41) is 13.8. The number of nitrogen functional groups attached to an aromatic ring is 1. The maximum Gasteiger partial charge on any atom is 0.0790 e. The van der Waals surface area contributed by atoms with E-state index in [2.05, 4.69) is 43.2 Å². The molecule has 144 valence electrons. The van der Waals surface area contributed by atoms with Gasteiger partial charge in [-0.25, -0.2) is 0 Å². The topological polar surface area (TPSA) is 64.1 Å². The minimum atomic E-state index is -0.277. The second kappa shape index (κ2) is 11.2. The van der Waals surface area contributed by atoms with Gasteiger partial charge in [-0.05, 0) is 24.0 Å². The van der Waals surface area contributed by atoms with Crippen molar-refractivity contribution < 1.29 is 5.11 Å². The highest BCUT2D eigenvalue weighted by Crippen LogP contribution is 2.23. The molecule has 2 atom stereocenters. The Kier molecular flexibility index (Phi) is 8.59. The smallest absolute Gasteiger partial charge is 0.0790 e. The summed E-state index contributed by atoms with van der Waals surface area (Å²) in [5.74, 6) is 0. The maximum absolute atomic E-state index is 9.52. The second-order valence-corrected chi connectivity index (χ2v) is 6.68. The van der Waals surface area contributed by atoms with Crippen LogP contribution in [0.15, 0.2) is 73.1 Å². The van der Waals surface area contributed by atoms with Gasteiger partial charge in [0, 0.05) is 6.20 Å². The monoisotopic (exact) mass is 365 g/mol. The fraction of sp³-hybridized carbons (Fsp3) is 0.348. The molecule has 3 N–H and O–H groups in total. The zero-order valence-corrected chi connectivity index (χ0v) is 16.3. The van der Waals surface area contributed by atoms with Gasteiger partial charge in [0.15, 0.2) is 0 Å². The predicted molar refractivity (Wildman–Crippen MR) is 112 cm³/mol. The van der Waals surface area contributed by atoms with Gasteiger partial charge >= 0.3 is 0 Å². The third-order valence-corrected chi connectivity index (χ3v) is 4.43. The van der Waals surface area contributed by atoms with Gasteiger partial charge in [-0.15, -0.1) is 0 Å². The predicted octanol–water partition coefficient (Wildman–Crippen LogP) is 5.37. The van der Waals surface area contributed by atoms with Crippen LogP contribution in [0.25, 0.3) is 0 Å². The Morgan fingerprint density at radius 3 is 1.93 bits per heavy atom. The van der Waals surface area contributed by atoms with Gasteiger partial charge in [-0.3, -0.25) is 4.68 Å². The summed E-state index contributed by atoms with van der Waals surface area (Å²) in [4.78, 5) is 0. The highest BCUT2D eigenvalue weighted by atomic mass is 16.3. The lowest BCUT2D eigenvalue weighted by atomic mass is 10.0. The second-order valence-electron chi connectivity index (χ2n) is 6.68. The van der Waals surface area contributed by atoms with Gasteiger partial charge in [0.25, 0.3) is 0 Å². The van der Waals surface area contributed by atoms with Crippen LogP contribution in [0.5, 0.6) is 0 Å². The number of rotatable bonds is 7.